The molecule has 5 heteroatoms. The average molecular weight is 206 g/mol. The molecule has 1 aromatic heterocycles. The molecule has 0 aliphatic carbocycles. The van der Waals surface area contributed by atoms with E-state index in [0.29, 0.717) is 0 Å². The van der Waals surface area contributed by atoms with Crippen LogP contribution in [0.1, 0.15) is 16.8 Å². The summed E-state index contributed by atoms with van der Waals surface area (Å²) in [5, 5.41) is 2.86. The predicted octanol–water partition coefficient (Wildman–Crippen LogP) is 2.02. The zero-order valence-electron chi connectivity index (χ0n) is 7.60. The van der Waals surface area contributed by atoms with E-state index in [-0.39, 0.29) is 5.01 Å². The Kier molecular flexibility index (Phi) is 3.33. The van der Waals surface area contributed by atoms with Gasteiger partial charge in [-0.3, -0.25) is 0 Å². The van der Waals surface area contributed by atoms with Crippen molar-refractivity contribution in [1.29, 1.82) is 0 Å². The molecule has 0 amide bonds. The molecule has 0 spiro atoms. The van der Waals surface area contributed by atoms with E-state index in [0.717, 1.165) is 36.1 Å². The molecule has 2 nitrogen and oxygen atoms in total. The van der Waals surface area contributed by atoms with Crippen molar-refractivity contribution >= 4 is 11.3 Å². The Morgan fingerprint density at radius 2 is 2.31 bits per heavy atom. The minimum atomic E-state index is -2.80. The van der Waals surface area contributed by atoms with Crippen molar-refractivity contribution in [2.45, 2.75) is 19.3 Å². The highest BCUT2D eigenvalue weighted by molar-refractivity contribution is 7.11. The minimum absolute atomic E-state index is 0.0985. The molecule has 74 valence electrons. The maximum atomic E-state index is 12.7. The molecule has 0 fully saturated rings. The van der Waals surface area contributed by atoms with Crippen LogP contribution in [0.5, 0.6) is 0 Å². The Morgan fingerprint density at radius 1 is 1.62 bits per heavy atom. The monoisotopic (exact) mass is 206 g/mol. The fraction of sp³-hybridized carbons (Fsp3) is 0.625. The van der Waals surface area contributed by atoms with Gasteiger partial charge in [-0.15, -0.1) is 11.3 Å². The number of hydrogen-bond donors (Lipinski definition) is 1. The largest absolute Gasteiger partial charge is 0.319 e. The first-order chi connectivity index (χ1) is 6.04. The quantitative estimate of drug-likeness (QED) is 0.815. The second kappa shape index (κ2) is 4.11. The third-order valence-electron chi connectivity index (χ3n) is 1.55. The van der Waals surface area contributed by atoms with E-state index in [1.54, 1.807) is 0 Å². The summed E-state index contributed by atoms with van der Waals surface area (Å²) in [6, 6.07) is 0. The molecule has 1 N–H and O–H groups in total. The van der Waals surface area contributed by atoms with E-state index in [1.165, 1.54) is 6.20 Å². The van der Waals surface area contributed by atoms with E-state index >= 15 is 0 Å². The summed E-state index contributed by atoms with van der Waals surface area (Å²) in [6.45, 7) is 1.66. The number of alkyl halides is 2. The van der Waals surface area contributed by atoms with Crippen LogP contribution in [0, 0.1) is 0 Å². The van der Waals surface area contributed by atoms with Crippen LogP contribution in [-0.4, -0.2) is 18.6 Å². The van der Waals surface area contributed by atoms with Crippen molar-refractivity contribution in [3.8, 4) is 0 Å². The number of thiazole rings is 1. The van der Waals surface area contributed by atoms with Crippen LogP contribution < -0.4 is 5.32 Å². The van der Waals surface area contributed by atoms with Crippen LogP contribution in [0.2, 0.25) is 0 Å². The highest BCUT2D eigenvalue weighted by atomic mass is 32.1. The van der Waals surface area contributed by atoms with Gasteiger partial charge in [0.1, 0.15) is 0 Å². The Morgan fingerprint density at radius 3 is 2.77 bits per heavy atom. The Bertz CT molecular complexity index is 267. The average Bonchev–Trinajstić information content (AvgIpc) is 2.47. The van der Waals surface area contributed by atoms with Gasteiger partial charge in [0.15, 0.2) is 5.01 Å². The van der Waals surface area contributed by atoms with Gasteiger partial charge < -0.3 is 5.32 Å². The summed E-state index contributed by atoms with van der Waals surface area (Å²) >= 11 is 1.08. The standard InChI is InChI=1S/C8H12F2N2S/c1-8(9,10)7-12-5-6(13-7)3-4-11-2/h5,11H,3-4H2,1-2H3. The van der Waals surface area contributed by atoms with Crippen molar-refractivity contribution < 1.29 is 8.78 Å². The first kappa shape index (κ1) is 10.5. The Hall–Kier alpha value is -0.550. The molecular formula is C8H12F2N2S. The summed E-state index contributed by atoms with van der Waals surface area (Å²) in [6.07, 6.45) is 2.28. The molecule has 0 saturated carbocycles. The van der Waals surface area contributed by atoms with Gasteiger partial charge in [0.05, 0.1) is 0 Å². The lowest BCUT2D eigenvalue weighted by atomic mass is 10.4. The van der Waals surface area contributed by atoms with Gasteiger partial charge in [0, 0.05) is 18.0 Å². The molecule has 1 heterocycles. The maximum Gasteiger partial charge on any atom is 0.296 e. The van der Waals surface area contributed by atoms with E-state index < -0.39 is 5.92 Å². The van der Waals surface area contributed by atoms with Gasteiger partial charge in [0.2, 0.25) is 0 Å². The van der Waals surface area contributed by atoms with Crippen LogP contribution in [-0.2, 0) is 12.3 Å². The van der Waals surface area contributed by atoms with Crippen molar-refractivity contribution in [1.82, 2.24) is 10.3 Å². The molecule has 0 aromatic carbocycles. The molecule has 0 radical (unpaired) electrons. The highest BCUT2D eigenvalue weighted by Crippen LogP contribution is 2.30. The molecule has 0 unspecified atom stereocenters. The summed E-state index contributed by atoms with van der Waals surface area (Å²) in [5.41, 5.74) is 0. The molecule has 1 rings (SSSR count). The molecular weight excluding hydrogens is 194 g/mol. The van der Waals surface area contributed by atoms with E-state index in [2.05, 4.69) is 10.3 Å². The third-order valence-corrected chi connectivity index (χ3v) is 2.78. The van der Waals surface area contributed by atoms with Crippen LogP contribution in [0.15, 0.2) is 6.20 Å². The van der Waals surface area contributed by atoms with Crippen LogP contribution in [0.3, 0.4) is 0 Å². The van der Waals surface area contributed by atoms with E-state index in [9.17, 15) is 8.78 Å². The molecule has 13 heavy (non-hydrogen) atoms. The zero-order valence-corrected chi connectivity index (χ0v) is 8.42. The number of rotatable bonds is 4. The third kappa shape index (κ3) is 3.00. The fourth-order valence-electron chi connectivity index (χ4n) is 0.874. The summed E-state index contributed by atoms with van der Waals surface area (Å²) in [5.74, 6) is -2.80. The van der Waals surface area contributed by atoms with Gasteiger partial charge in [-0.05, 0) is 20.0 Å². The van der Waals surface area contributed by atoms with Gasteiger partial charge in [0.25, 0.3) is 5.92 Å². The number of nitrogens with zero attached hydrogens (tertiary/aromatic N) is 1. The summed E-state index contributed by atoms with van der Waals surface area (Å²) < 4.78 is 25.4. The molecule has 0 saturated heterocycles. The van der Waals surface area contributed by atoms with Crippen molar-refractivity contribution in [3.63, 3.8) is 0 Å². The van der Waals surface area contributed by atoms with Crippen molar-refractivity contribution in [3.05, 3.63) is 16.1 Å². The van der Waals surface area contributed by atoms with Crippen molar-refractivity contribution in [2.75, 3.05) is 13.6 Å². The first-order valence-corrected chi connectivity index (χ1v) is 4.83. The lowest BCUT2D eigenvalue weighted by molar-refractivity contribution is 0.0172. The fourth-order valence-corrected chi connectivity index (χ4v) is 1.72. The maximum absolute atomic E-state index is 12.7. The summed E-state index contributed by atoms with van der Waals surface area (Å²) in [7, 11) is 1.83. The number of hydrogen-bond acceptors (Lipinski definition) is 3. The van der Waals surface area contributed by atoms with Crippen LogP contribution in [0.4, 0.5) is 8.78 Å². The number of nitrogens with one attached hydrogen (secondary N) is 1. The topological polar surface area (TPSA) is 24.9 Å². The van der Waals surface area contributed by atoms with Gasteiger partial charge in [-0.2, -0.15) is 8.78 Å². The second-order valence-electron chi connectivity index (χ2n) is 2.87. The molecule has 0 aliphatic heterocycles. The second-order valence-corrected chi connectivity index (χ2v) is 3.99. The first-order valence-electron chi connectivity index (χ1n) is 4.01. The van der Waals surface area contributed by atoms with Gasteiger partial charge in [-0.1, -0.05) is 0 Å². The van der Waals surface area contributed by atoms with Crippen LogP contribution in [0.25, 0.3) is 0 Å². The van der Waals surface area contributed by atoms with Crippen LogP contribution >= 0.6 is 11.3 Å². The van der Waals surface area contributed by atoms with Crippen molar-refractivity contribution in [2.24, 2.45) is 0 Å². The molecule has 0 aliphatic rings. The summed E-state index contributed by atoms with van der Waals surface area (Å²) in [4.78, 5) is 4.58. The SMILES string of the molecule is CNCCc1cnc(C(C)(F)F)s1. The lowest BCUT2D eigenvalue weighted by Gasteiger charge is -2.03. The highest BCUT2D eigenvalue weighted by Gasteiger charge is 2.28. The normalized spacial score (nSPS) is 12.0. The molecule has 0 atom stereocenters. The van der Waals surface area contributed by atoms with Gasteiger partial charge in [-0.25, -0.2) is 4.98 Å². The van der Waals surface area contributed by atoms with E-state index in [1.807, 2.05) is 7.05 Å². The number of halogens is 2. The lowest BCUT2D eigenvalue weighted by Crippen LogP contribution is -2.09. The molecule has 0 bridgehead atoms. The van der Waals surface area contributed by atoms with E-state index in [4.69, 9.17) is 0 Å². The number of likely N-dealkylation sites (N-methyl/N-ethyl adjacent to an activating group) is 1. The minimum Gasteiger partial charge on any atom is -0.319 e. The smallest absolute Gasteiger partial charge is 0.296 e. The predicted molar refractivity (Wildman–Crippen MR) is 49.3 cm³/mol. The Labute approximate surface area is 80.0 Å². The Balaban J connectivity index is 2.64. The van der Waals surface area contributed by atoms with Gasteiger partial charge >= 0.3 is 0 Å². The molecule has 1 aromatic rings. The zero-order chi connectivity index (χ0) is 9.90. The number of aromatic nitrogens is 1.